The largest absolute Gasteiger partial charge is 0.366 e. The van der Waals surface area contributed by atoms with Gasteiger partial charge in [0.1, 0.15) is 5.66 Å². The van der Waals surface area contributed by atoms with Crippen LogP contribution in [0.1, 0.15) is 32.6 Å². The molecule has 2 heterocycles. The molecule has 1 saturated carbocycles. The maximum atomic E-state index is 11.3. The summed E-state index contributed by atoms with van der Waals surface area (Å²) in [6.45, 7) is 2.21. The molecule has 0 spiro atoms. The molecular formula is C9H15N3O2. The lowest BCUT2D eigenvalue weighted by Crippen LogP contribution is -2.55. The predicted molar refractivity (Wildman–Crippen MR) is 48.6 cm³/mol. The van der Waals surface area contributed by atoms with Crippen molar-refractivity contribution in [3.05, 3.63) is 0 Å². The van der Waals surface area contributed by atoms with E-state index in [2.05, 4.69) is 17.7 Å². The standard InChI is InChI=1S/C9H15N3O2/c1-7(2-3-7)9-5-4-8(11-9,6(10)13)14-12-9/h11-12H,2-5H2,1H3,(H2,10,13). The van der Waals surface area contributed by atoms with Gasteiger partial charge in [0.25, 0.3) is 5.91 Å². The topological polar surface area (TPSA) is 76.4 Å². The van der Waals surface area contributed by atoms with Gasteiger partial charge in [0.05, 0.1) is 0 Å². The van der Waals surface area contributed by atoms with Crippen molar-refractivity contribution in [3.63, 3.8) is 0 Å². The van der Waals surface area contributed by atoms with Gasteiger partial charge in [-0.05, 0) is 19.3 Å². The SMILES string of the molecule is CC1(C23CCC(C(N)=O)(N2)ON3)CC1. The molecule has 5 heteroatoms. The molecule has 0 aromatic rings. The van der Waals surface area contributed by atoms with Crippen LogP contribution in [-0.2, 0) is 9.63 Å². The third kappa shape index (κ3) is 0.785. The van der Waals surface area contributed by atoms with E-state index in [-0.39, 0.29) is 11.1 Å². The second-order valence-corrected chi connectivity index (χ2v) is 4.99. The Labute approximate surface area is 82.3 Å². The molecule has 2 aliphatic heterocycles. The quantitative estimate of drug-likeness (QED) is 0.562. The highest BCUT2D eigenvalue weighted by Crippen LogP contribution is 2.59. The van der Waals surface area contributed by atoms with Crippen molar-refractivity contribution in [2.75, 3.05) is 0 Å². The minimum atomic E-state index is -0.953. The zero-order valence-corrected chi connectivity index (χ0v) is 8.22. The Kier molecular flexibility index (Phi) is 1.31. The molecule has 1 aliphatic carbocycles. The number of hydroxylamine groups is 1. The molecular weight excluding hydrogens is 182 g/mol. The molecule has 0 radical (unpaired) electrons. The first-order chi connectivity index (χ1) is 6.52. The molecule has 3 aliphatic rings. The maximum Gasteiger partial charge on any atom is 0.266 e. The van der Waals surface area contributed by atoms with Crippen LogP contribution in [0.3, 0.4) is 0 Å². The van der Waals surface area contributed by atoms with Crippen LogP contribution in [0.2, 0.25) is 0 Å². The van der Waals surface area contributed by atoms with Gasteiger partial charge in [0, 0.05) is 11.8 Å². The number of amides is 1. The van der Waals surface area contributed by atoms with Gasteiger partial charge in [-0.15, -0.1) is 0 Å². The fourth-order valence-corrected chi connectivity index (χ4v) is 2.59. The smallest absolute Gasteiger partial charge is 0.266 e. The number of rotatable bonds is 2. The van der Waals surface area contributed by atoms with Gasteiger partial charge in [0.2, 0.25) is 5.72 Å². The van der Waals surface area contributed by atoms with Crippen LogP contribution in [0.4, 0.5) is 0 Å². The second kappa shape index (κ2) is 2.13. The van der Waals surface area contributed by atoms with Crippen LogP contribution in [0.15, 0.2) is 0 Å². The highest BCUT2D eigenvalue weighted by atomic mass is 16.7. The number of nitrogens with one attached hydrogen (secondary N) is 2. The summed E-state index contributed by atoms with van der Waals surface area (Å²) in [4.78, 5) is 16.6. The van der Waals surface area contributed by atoms with Gasteiger partial charge in [0.15, 0.2) is 0 Å². The average Bonchev–Trinajstić information content (AvgIpc) is 2.68. The van der Waals surface area contributed by atoms with Gasteiger partial charge >= 0.3 is 0 Å². The highest BCUT2D eigenvalue weighted by Gasteiger charge is 2.68. The van der Waals surface area contributed by atoms with Crippen molar-refractivity contribution in [1.82, 2.24) is 10.8 Å². The van der Waals surface area contributed by atoms with Crippen LogP contribution in [0.25, 0.3) is 0 Å². The molecule has 2 unspecified atom stereocenters. The number of fused-ring (bicyclic) bond motifs is 2. The van der Waals surface area contributed by atoms with E-state index in [1.54, 1.807) is 0 Å². The molecule has 0 aromatic heterocycles. The fourth-order valence-electron chi connectivity index (χ4n) is 2.59. The van der Waals surface area contributed by atoms with Crippen molar-refractivity contribution >= 4 is 5.91 Å². The number of hydrogen-bond donors (Lipinski definition) is 3. The van der Waals surface area contributed by atoms with Gasteiger partial charge in [-0.3, -0.25) is 14.9 Å². The molecule has 3 rings (SSSR count). The number of hydrogen-bond acceptors (Lipinski definition) is 4. The first-order valence-corrected chi connectivity index (χ1v) is 5.07. The second-order valence-electron chi connectivity index (χ2n) is 4.99. The molecule has 2 saturated heterocycles. The number of carbonyl (C=O) groups is 1. The van der Waals surface area contributed by atoms with E-state index in [0.29, 0.717) is 6.42 Å². The average molecular weight is 197 g/mol. The van der Waals surface area contributed by atoms with E-state index >= 15 is 0 Å². The van der Waals surface area contributed by atoms with E-state index in [0.717, 1.165) is 6.42 Å². The molecule has 4 N–H and O–H groups in total. The van der Waals surface area contributed by atoms with Crippen LogP contribution in [0, 0.1) is 5.41 Å². The summed E-state index contributed by atoms with van der Waals surface area (Å²) >= 11 is 0. The van der Waals surface area contributed by atoms with Crippen LogP contribution >= 0.6 is 0 Å². The zero-order valence-electron chi connectivity index (χ0n) is 8.22. The minimum Gasteiger partial charge on any atom is -0.366 e. The summed E-state index contributed by atoms with van der Waals surface area (Å²) in [6, 6.07) is 0. The summed E-state index contributed by atoms with van der Waals surface area (Å²) in [7, 11) is 0. The fraction of sp³-hybridized carbons (Fsp3) is 0.889. The Morgan fingerprint density at radius 1 is 1.36 bits per heavy atom. The molecule has 78 valence electrons. The molecule has 3 fully saturated rings. The molecule has 5 nitrogen and oxygen atoms in total. The number of primary amides is 1. The van der Waals surface area contributed by atoms with E-state index in [1.165, 1.54) is 12.8 Å². The van der Waals surface area contributed by atoms with Crippen LogP contribution in [-0.4, -0.2) is 17.3 Å². The van der Waals surface area contributed by atoms with Crippen molar-refractivity contribution in [3.8, 4) is 0 Å². The lowest BCUT2D eigenvalue weighted by Gasteiger charge is -2.32. The van der Waals surface area contributed by atoms with Crippen molar-refractivity contribution in [2.45, 2.75) is 44.0 Å². The number of carbonyl (C=O) groups excluding carboxylic acids is 1. The normalized spacial score (nSPS) is 48.1. The Bertz CT molecular complexity index is 303. The molecule has 0 aromatic carbocycles. The van der Waals surface area contributed by atoms with Gasteiger partial charge in [-0.25, -0.2) is 0 Å². The summed E-state index contributed by atoms with van der Waals surface area (Å²) in [5.74, 6) is -0.423. The first-order valence-electron chi connectivity index (χ1n) is 5.07. The van der Waals surface area contributed by atoms with E-state index < -0.39 is 11.6 Å². The Hall–Kier alpha value is -0.650. The van der Waals surface area contributed by atoms with Crippen molar-refractivity contribution in [2.24, 2.45) is 11.1 Å². The summed E-state index contributed by atoms with van der Waals surface area (Å²) in [5.41, 5.74) is 7.36. The van der Waals surface area contributed by atoms with Gasteiger partial charge in [-0.2, -0.15) is 5.48 Å². The highest BCUT2D eigenvalue weighted by molar-refractivity contribution is 5.84. The van der Waals surface area contributed by atoms with Crippen molar-refractivity contribution in [1.29, 1.82) is 0 Å². The lowest BCUT2D eigenvalue weighted by atomic mass is 9.90. The van der Waals surface area contributed by atoms with E-state index in [9.17, 15) is 4.79 Å². The van der Waals surface area contributed by atoms with Crippen molar-refractivity contribution < 1.29 is 9.63 Å². The van der Waals surface area contributed by atoms with Crippen LogP contribution < -0.4 is 16.5 Å². The minimum absolute atomic E-state index is 0.220. The molecule has 2 atom stereocenters. The lowest BCUT2D eigenvalue weighted by molar-refractivity contribution is -0.152. The molecule has 1 amide bonds. The van der Waals surface area contributed by atoms with Crippen LogP contribution in [0.5, 0.6) is 0 Å². The van der Waals surface area contributed by atoms with E-state index in [4.69, 9.17) is 10.6 Å². The van der Waals surface area contributed by atoms with Gasteiger partial charge in [-0.1, -0.05) is 6.92 Å². The Balaban J connectivity index is 1.93. The monoisotopic (exact) mass is 197 g/mol. The first kappa shape index (κ1) is 8.64. The third-order valence-corrected chi connectivity index (χ3v) is 4.10. The summed E-state index contributed by atoms with van der Waals surface area (Å²) in [6.07, 6.45) is 3.92. The Morgan fingerprint density at radius 3 is 2.43 bits per heavy atom. The Morgan fingerprint density at radius 2 is 2.07 bits per heavy atom. The maximum absolute atomic E-state index is 11.3. The van der Waals surface area contributed by atoms with Gasteiger partial charge < -0.3 is 5.73 Å². The third-order valence-electron chi connectivity index (χ3n) is 4.10. The zero-order chi connectivity index (χ0) is 10.0. The predicted octanol–water partition coefficient (Wildman–Crippen LogP) is -0.417. The molecule has 2 bridgehead atoms. The number of nitrogens with two attached hydrogens (primary N) is 1. The van der Waals surface area contributed by atoms with E-state index in [1.807, 2.05) is 0 Å². The summed E-state index contributed by atoms with van der Waals surface area (Å²) < 4.78 is 0. The molecule has 14 heavy (non-hydrogen) atoms. The summed E-state index contributed by atoms with van der Waals surface area (Å²) in [5, 5.41) is 3.25.